The fourth-order valence-electron chi connectivity index (χ4n) is 4.13. The van der Waals surface area contributed by atoms with E-state index in [9.17, 15) is 4.79 Å². The maximum Gasteiger partial charge on any atom is 0.233 e. The summed E-state index contributed by atoms with van der Waals surface area (Å²) in [7, 11) is 6.00. The summed E-state index contributed by atoms with van der Waals surface area (Å²) in [5.74, 6) is 1.20. The second-order valence-electron chi connectivity index (χ2n) is 8.94. The van der Waals surface area contributed by atoms with Gasteiger partial charge in [-0.2, -0.15) is 0 Å². The highest BCUT2D eigenvalue weighted by Gasteiger charge is 2.24. The Balaban J connectivity index is 1.44. The van der Waals surface area contributed by atoms with Gasteiger partial charge in [0.05, 0.1) is 11.9 Å². The molecule has 1 amide bonds. The van der Waals surface area contributed by atoms with E-state index in [1.165, 1.54) is 11.8 Å². The average Bonchev–Trinajstić information content (AvgIpc) is 3.47. The number of benzene rings is 2. The zero-order valence-corrected chi connectivity index (χ0v) is 21.2. The summed E-state index contributed by atoms with van der Waals surface area (Å²) in [4.78, 5) is 17.3. The summed E-state index contributed by atoms with van der Waals surface area (Å²) in [6.45, 7) is 4.02. The zero-order valence-electron chi connectivity index (χ0n) is 20.4. The molecule has 1 aromatic heterocycles. The molecule has 34 heavy (non-hydrogen) atoms. The minimum Gasteiger partial charge on any atom is -0.378 e. The lowest BCUT2D eigenvalue weighted by molar-refractivity contribution is -0.130. The van der Waals surface area contributed by atoms with Crippen LogP contribution < -0.4 is 4.90 Å². The summed E-state index contributed by atoms with van der Waals surface area (Å²) in [5.41, 5.74) is 4.45. The predicted molar refractivity (Wildman–Crippen MR) is 137 cm³/mol. The first kappa shape index (κ1) is 24.3. The lowest BCUT2D eigenvalue weighted by Gasteiger charge is -2.26. The minimum absolute atomic E-state index is 0.0811. The van der Waals surface area contributed by atoms with Crippen LogP contribution in [0.25, 0.3) is 11.4 Å². The molecule has 0 spiro atoms. The number of carbonyl (C=O) groups excluding carboxylic acids is 1. The Morgan fingerprint density at radius 1 is 1.15 bits per heavy atom. The van der Waals surface area contributed by atoms with Crippen molar-refractivity contribution in [2.45, 2.75) is 37.6 Å². The molecule has 2 heterocycles. The standard InChI is InChI=1S/C26H33N5O2S/c1-19-8-5-6-10-23(19)25-27-28-26(30(25)4)34-18-24(32)31(17-22-9-7-15-33-22)16-20-11-13-21(14-12-20)29(2)3/h5-6,8,10-14,22H,7,9,15-18H2,1-4H3/t22-/m0/s1. The van der Waals surface area contributed by atoms with E-state index >= 15 is 0 Å². The van der Waals surface area contributed by atoms with Crippen LogP contribution in [0.4, 0.5) is 5.69 Å². The van der Waals surface area contributed by atoms with Gasteiger partial charge in [-0.15, -0.1) is 10.2 Å². The fraction of sp³-hybridized carbons (Fsp3) is 0.423. The van der Waals surface area contributed by atoms with Crippen LogP contribution in [0.15, 0.2) is 53.7 Å². The van der Waals surface area contributed by atoms with E-state index in [1.807, 2.05) is 48.8 Å². The molecular weight excluding hydrogens is 446 g/mol. The number of hydrogen-bond donors (Lipinski definition) is 0. The van der Waals surface area contributed by atoms with Crippen molar-refractivity contribution in [1.82, 2.24) is 19.7 Å². The van der Waals surface area contributed by atoms with Crippen LogP contribution in [0.2, 0.25) is 0 Å². The number of aryl methyl sites for hydroxylation is 1. The molecule has 1 fully saturated rings. The van der Waals surface area contributed by atoms with Crippen LogP contribution in [0, 0.1) is 6.92 Å². The van der Waals surface area contributed by atoms with Crippen LogP contribution in [0.5, 0.6) is 0 Å². The first-order chi connectivity index (χ1) is 16.4. The van der Waals surface area contributed by atoms with Gasteiger partial charge in [0.25, 0.3) is 0 Å². The third-order valence-corrected chi connectivity index (χ3v) is 7.18. The number of nitrogens with zero attached hydrogens (tertiary/aromatic N) is 5. The van der Waals surface area contributed by atoms with Crippen LogP contribution >= 0.6 is 11.8 Å². The summed E-state index contributed by atoms with van der Waals surface area (Å²) in [6.07, 6.45) is 2.16. The highest BCUT2D eigenvalue weighted by Crippen LogP contribution is 2.26. The maximum atomic E-state index is 13.3. The molecule has 0 saturated carbocycles. The third kappa shape index (κ3) is 5.80. The Hall–Kier alpha value is -2.84. The van der Waals surface area contributed by atoms with Gasteiger partial charge in [-0.3, -0.25) is 4.79 Å². The molecule has 2 aromatic carbocycles. The van der Waals surface area contributed by atoms with Gasteiger partial charge in [-0.25, -0.2) is 0 Å². The summed E-state index contributed by atoms with van der Waals surface area (Å²) in [5, 5.41) is 9.48. The van der Waals surface area contributed by atoms with Gasteiger partial charge in [-0.05, 0) is 43.0 Å². The van der Waals surface area contributed by atoms with E-state index in [1.54, 1.807) is 0 Å². The molecule has 1 atom stereocenters. The van der Waals surface area contributed by atoms with Crippen molar-refractivity contribution in [1.29, 1.82) is 0 Å². The number of hydrogen-bond acceptors (Lipinski definition) is 6. The molecule has 4 rings (SSSR count). The van der Waals surface area contributed by atoms with Gasteiger partial charge in [0.2, 0.25) is 5.91 Å². The number of amides is 1. The first-order valence-electron chi connectivity index (χ1n) is 11.7. The molecule has 180 valence electrons. The largest absolute Gasteiger partial charge is 0.378 e. The lowest BCUT2D eigenvalue weighted by atomic mass is 10.1. The minimum atomic E-state index is 0.0811. The van der Waals surface area contributed by atoms with Crippen LogP contribution in [-0.2, 0) is 23.1 Å². The average molecular weight is 480 g/mol. The maximum absolute atomic E-state index is 13.3. The molecule has 8 heteroatoms. The number of ether oxygens (including phenoxy) is 1. The van der Waals surface area contributed by atoms with Crippen molar-refractivity contribution in [3.8, 4) is 11.4 Å². The molecule has 1 aliphatic rings. The summed E-state index contributed by atoms with van der Waals surface area (Å²) >= 11 is 1.43. The topological polar surface area (TPSA) is 63.5 Å². The molecule has 3 aromatic rings. The second kappa shape index (κ2) is 11.1. The number of aromatic nitrogens is 3. The zero-order chi connectivity index (χ0) is 24.1. The predicted octanol–water partition coefficient (Wildman–Crippen LogP) is 4.16. The van der Waals surface area contributed by atoms with Gasteiger partial charge in [0, 0.05) is 52.1 Å². The number of carbonyl (C=O) groups is 1. The smallest absolute Gasteiger partial charge is 0.233 e. The Morgan fingerprint density at radius 2 is 1.91 bits per heavy atom. The van der Waals surface area contributed by atoms with Crippen molar-refractivity contribution in [3.05, 3.63) is 59.7 Å². The van der Waals surface area contributed by atoms with Gasteiger partial charge in [0.1, 0.15) is 0 Å². The van der Waals surface area contributed by atoms with Crippen LogP contribution in [0.3, 0.4) is 0 Å². The molecule has 0 radical (unpaired) electrons. The van der Waals surface area contributed by atoms with Crippen molar-refractivity contribution in [3.63, 3.8) is 0 Å². The SMILES string of the molecule is Cc1ccccc1-c1nnc(SCC(=O)N(Cc2ccc(N(C)C)cc2)C[C@@H]2CCCO2)n1C. The van der Waals surface area contributed by atoms with Crippen molar-refractivity contribution in [2.75, 3.05) is 37.9 Å². The van der Waals surface area contributed by atoms with Crippen LogP contribution in [0.1, 0.15) is 24.0 Å². The monoisotopic (exact) mass is 479 g/mol. The second-order valence-corrected chi connectivity index (χ2v) is 9.88. The lowest BCUT2D eigenvalue weighted by Crippen LogP contribution is -2.38. The molecule has 0 unspecified atom stereocenters. The molecule has 1 saturated heterocycles. The van der Waals surface area contributed by atoms with Gasteiger partial charge < -0.3 is 19.1 Å². The molecule has 0 N–H and O–H groups in total. The van der Waals surface area contributed by atoms with E-state index in [2.05, 4.69) is 52.4 Å². The van der Waals surface area contributed by atoms with Crippen molar-refractivity contribution in [2.24, 2.45) is 7.05 Å². The van der Waals surface area contributed by atoms with E-state index in [4.69, 9.17) is 4.74 Å². The van der Waals surface area contributed by atoms with Crippen molar-refractivity contribution >= 4 is 23.4 Å². The van der Waals surface area contributed by atoms with E-state index in [-0.39, 0.29) is 12.0 Å². The van der Waals surface area contributed by atoms with Crippen molar-refractivity contribution < 1.29 is 9.53 Å². The molecular formula is C26H33N5O2S. The molecule has 0 aliphatic carbocycles. The van der Waals surface area contributed by atoms with E-state index in [0.29, 0.717) is 18.8 Å². The van der Waals surface area contributed by atoms with Gasteiger partial charge >= 0.3 is 0 Å². The first-order valence-corrected chi connectivity index (χ1v) is 12.6. The number of rotatable bonds is 9. The Morgan fingerprint density at radius 3 is 2.59 bits per heavy atom. The third-order valence-electron chi connectivity index (χ3n) is 6.17. The Kier molecular flexibility index (Phi) is 7.90. The molecule has 0 bridgehead atoms. The van der Waals surface area contributed by atoms with E-state index in [0.717, 1.165) is 52.8 Å². The number of thioether (sulfide) groups is 1. The van der Waals surface area contributed by atoms with Gasteiger partial charge in [-0.1, -0.05) is 48.2 Å². The van der Waals surface area contributed by atoms with Gasteiger partial charge in [0.15, 0.2) is 11.0 Å². The highest BCUT2D eigenvalue weighted by molar-refractivity contribution is 7.99. The van der Waals surface area contributed by atoms with E-state index < -0.39 is 0 Å². The molecule has 1 aliphatic heterocycles. The highest BCUT2D eigenvalue weighted by atomic mass is 32.2. The summed E-state index contributed by atoms with van der Waals surface area (Å²) in [6, 6.07) is 16.5. The Bertz CT molecular complexity index is 1110. The summed E-state index contributed by atoms with van der Waals surface area (Å²) < 4.78 is 7.80. The molecule has 7 nitrogen and oxygen atoms in total. The fourth-order valence-corrected chi connectivity index (χ4v) is 4.94. The Labute approximate surface area is 206 Å². The quantitative estimate of drug-likeness (QED) is 0.430. The number of anilines is 1. The normalized spacial score (nSPS) is 15.5. The van der Waals surface area contributed by atoms with Crippen LogP contribution in [-0.4, -0.2) is 64.7 Å².